The number of hydrogen-bond donors (Lipinski definition) is 4. The van der Waals surface area contributed by atoms with Crippen LogP contribution in [0, 0.1) is 0 Å². The van der Waals surface area contributed by atoms with Crippen LogP contribution in [0.2, 0.25) is 0 Å². The molecule has 0 bridgehead atoms. The zero-order valence-corrected chi connectivity index (χ0v) is 11.4. The average Bonchev–Trinajstić information content (AvgIpc) is 2.43. The minimum atomic E-state index is -0.872. The fourth-order valence-electron chi connectivity index (χ4n) is 1.59. The van der Waals surface area contributed by atoms with Gasteiger partial charge in [-0.3, -0.25) is 9.59 Å². The number of aliphatic hydroxyl groups is 1. The third-order valence-electron chi connectivity index (χ3n) is 2.75. The summed E-state index contributed by atoms with van der Waals surface area (Å²) in [7, 11) is 0. The second-order valence-corrected chi connectivity index (χ2v) is 4.39. The number of rotatable bonds is 8. The minimum absolute atomic E-state index is 0.0225. The van der Waals surface area contributed by atoms with E-state index < -0.39 is 12.1 Å². The first-order chi connectivity index (χ1) is 9.52. The van der Waals surface area contributed by atoms with Crippen molar-refractivity contribution in [2.75, 3.05) is 18.4 Å². The van der Waals surface area contributed by atoms with E-state index in [1.807, 2.05) is 0 Å². The SMILES string of the molecule is CCC(=O)Nc1ccc(C(O)CNCCC(=O)O)cc1. The lowest BCUT2D eigenvalue weighted by atomic mass is 10.1. The van der Waals surface area contributed by atoms with Crippen molar-refractivity contribution in [3.05, 3.63) is 29.8 Å². The van der Waals surface area contributed by atoms with Crippen molar-refractivity contribution < 1.29 is 19.8 Å². The number of carboxylic acid groups (broad SMARTS) is 1. The zero-order chi connectivity index (χ0) is 15.0. The van der Waals surface area contributed by atoms with E-state index in [1.54, 1.807) is 31.2 Å². The molecule has 0 saturated heterocycles. The second-order valence-electron chi connectivity index (χ2n) is 4.39. The fourth-order valence-corrected chi connectivity index (χ4v) is 1.59. The molecule has 0 aromatic heterocycles. The van der Waals surface area contributed by atoms with Crippen LogP contribution >= 0.6 is 0 Å². The number of anilines is 1. The Morgan fingerprint density at radius 2 is 1.90 bits per heavy atom. The van der Waals surface area contributed by atoms with Crippen LogP contribution in [0.15, 0.2) is 24.3 Å². The summed E-state index contributed by atoms with van der Waals surface area (Å²) in [5, 5.41) is 24.0. The number of carbonyl (C=O) groups is 2. The maximum atomic E-state index is 11.2. The molecule has 110 valence electrons. The molecular weight excluding hydrogens is 260 g/mol. The molecule has 0 saturated carbocycles. The summed E-state index contributed by atoms with van der Waals surface area (Å²) in [6, 6.07) is 6.91. The van der Waals surface area contributed by atoms with Gasteiger partial charge in [-0.2, -0.15) is 0 Å². The predicted molar refractivity (Wildman–Crippen MR) is 75.4 cm³/mol. The minimum Gasteiger partial charge on any atom is -0.481 e. The summed E-state index contributed by atoms with van der Waals surface area (Å²) in [4.78, 5) is 21.5. The molecule has 6 nitrogen and oxygen atoms in total. The Hall–Kier alpha value is -1.92. The first-order valence-corrected chi connectivity index (χ1v) is 6.53. The Morgan fingerprint density at radius 1 is 1.25 bits per heavy atom. The predicted octanol–water partition coefficient (Wildman–Crippen LogP) is 1.13. The monoisotopic (exact) mass is 280 g/mol. The Morgan fingerprint density at radius 3 is 2.45 bits per heavy atom. The summed E-state index contributed by atoms with van der Waals surface area (Å²) < 4.78 is 0. The van der Waals surface area contributed by atoms with E-state index in [0.717, 1.165) is 0 Å². The summed E-state index contributed by atoms with van der Waals surface area (Å²) >= 11 is 0. The lowest BCUT2D eigenvalue weighted by Crippen LogP contribution is -2.24. The van der Waals surface area contributed by atoms with Gasteiger partial charge in [-0.05, 0) is 17.7 Å². The number of amides is 1. The lowest BCUT2D eigenvalue weighted by molar-refractivity contribution is -0.136. The highest BCUT2D eigenvalue weighted by Gasteiger charge is 2.07. The van der Waals surface area contributed by atoms with Crippen LogP contribution in [0.5, 0.6) is 0 Å². The van der Waals surface area contributed by atoms with E-state index in [1.165, 1.54) is 0 Å². The van der Waals surface area contributed by atoms with E-state index in [9.17, 15) is 14.7 Å². The maximum Gasteiger partial charge on any atom is 0.304 e. The topological polar surface area (TPSA) is 98.7 Å². The van der Waals surface area contributed by atoms with Gasteiger partial charge in [0.2, 0.25) is 5.91 Å². The van der Waals surface area contributed by atoms with Gasteiger partial charge in [-0.15, -0.1) is 0 Å². The molecule has 0 heterocycles. The summed E-state index contributed by atoms with van der Waals surface area (Å²) in [5.41, 5.74) is 1.40. The number of aliphatic hydroxyl groups excluding tert-OH is 1. The number of benzene rings is 1. The Kier molecular flexibility index (Phi) is 6.69. The highest BCUT2D eigenvalue weighted by molar-refractivity contribution is 5.90. The van der Waals surface area contributed by atoms with Crippen molar-refractivity contribution in [3.8, 4) is 0 Å². The van der Waals surface area contributed by atoms with E-state index in [-0.39, 0.29) is 18.9 Å². The van der Waals surface area contributed by atoms with Crippen molar-refractivity contribution in [1.29, 1.82) is 0 Å². The molecule has 1 rings (SSSR count). The van der Waals surface area contributed by atoms with Crippen molar-refractivity contribution in [1.82, 2.24) is 5.32 Å². The highest BCUT2D eigenvalue weighted by Crippen LogP contribution is 2.16. The number of carboxylic acids is 1. The lowest BCUT2D eigenvalue weighted by Gasteiger charge is -2.12. The highest BCUT2D eigenvalue weighted by atomic mass is 16.4. The quantitative estimate of drug-likeness (QED) is 0.535. The molecule has 20 heavy (non-hydrogen) atoms. The van der Waals surface area contributed by atoms with Crippen LogP contribution in [0.25, 0.3) is 0 Å². The Balaban J connectivity index is 2.42. The van der Waals surface area contributed by atoms with E-state index in [0.29, 0.717) is 24.2 Å². The summed E-state index contributed by atoms with van der Waals surface area (Å²) in [6.07, 6.45) is -0.272. The van der Waals surface area contributed by atoms with Gasteiger partial charge < -0.3 is 20.8 Å². The van der Waals surface area contributed by atoms with Gasteiger partial charge >= 0.3 is 5.97 Å². The third-order valence-corrected chi connectivity index (χ3v) is 2.75. The van der Waals surface area contributed by atoms with Gasteiger partial charge in [0.25, 0.3) is 0 Å². The number of hydrogen-bond acceptors (Lipinski definition) is 4. The molecule has 1 aromatic rings. The van der Waals surface area contributed by atoms with Crippen molar-refractivity contribution in [2.45, 2.75) is 25.9 Å². The van der Waals surface area contributed by atoms with Crippen LogP contribution in [-0.4, -0.2) is 35.2 Å². The molecule has 1 atom stereocenters. The van der Waals surface area contributed by atoms with Crippen molar-refractivity contribution in [2.24, 2.45) is 0 Å². The van der Waals surface area contributed by atoms with Crippen LogP contribution in [0.4, 0.5) is 5.69 Å². The van der Waals surface area contributed by atoms with Gasteiger partial charge in [-0.25, -0.2) is 0 Å². The summed E-state index contributed by atoms with van der Waals surface area (Å²) in [6.45, 7) is 2.38. The first-order valence-electron chi connectivity index (χ1n) is 6.53. The van der Waals surface area contributed by atoms with E-state index in [2.05, 4.69) is 10.6 Å². The molecule has 6 heteroatoms. The maximum absolute atomic E-state index is 11.2. The third kappa shape index (κ3) is 5.81. The zero-order valence-electron chi connectivity index (χ0n) is 11.4. The van der Waals surface area contributed by atoms with E-state index in [4.69, 9.17) is 5.11 Å². The van der Waals surface area contributed by atoms with Crippen molar-refractivity contribution >= 4 is 17.6 Å². The van der Waals surface area contributed by atoms with Gasteiger partial charge in [-0.1, -0.05) is 19.1 Å². The van der Waals surface area contributed by atoms with Crippen LogP contribution < -0.4 is 10.6 Å². The van der Waals surface area contributed by atoms with E-state index >= 15 is 0 Å². The van der Waals surface area contributed by atoms with Crippen LogP contribution in [0.3, 0.4) is 0 Å². The largest absolute Gasteiger partial charge is 0.481 e. The molecule has 1 unspecified atom stereocenters. The normalized spacial score (nSPS) is 11.9. The Labute approximate surface area is 117 Å². The van der Waals surface area contributed by atoms with Gasteiger partial charge in [0, 0.05) is 25.2 Å². The molecule has 0 spiro atoms. The van der Waals surface area contributed by atoms with Crippen LogP contribution in [0.1, 0.15) is 31.4 Å². The molecule has 0 radical (unpaired) electrons. The second kappa shape index (κ2) is 8.29. The molecule has 0 aliphatic heterocycles. The number of aliphatic carboxylic acids is 1. The molecule has 1 amide bonds. The first kappa shape index (κ1) is 16.1. The van der Waals surface area contributed by atoms with Crippen LogP contribution in [-0.2, 0) is 9.59 Å². The average molecular weight is 280 g/mol. The molecule has 0 fully saturated rings. The molecular formula is C14H20N2O4. The standard InChI is InChI=1S/C14H20N2O4/c1-2-13(18)16-11-5-3-10(4-6-11)12(17)9-15-8-7-14(19)20/h3-6,12,15,17H,2,7-9H2,1H3,(H,16,18)(H,19,20). The van der Waals surface area contributed by atoms with Crippen molar-refractivity contribution in [3.63, 3.8) is 0 Å². The number of nitrogens with one attached hydrogen (secondary N) is 2. The molecule has 0 aliphatic rings. The fraction of sp³-hybridized carbons (Fsp3) is 0.429. The number of carbonyl (C=O) groups excluding carboxylic acids is 1. The van der Waals surface area contributed by atoms with Gasteiger partial charge in [0.05, 0.1) is 12.5 Å². The summed E-state index contributed by atoms with van der Waals surface area (Å²) in [5.74, 6) is -0.934. The molecule has 0 aliphatic carbocycles. The molecule has 4 N–H and O–H groups in total. The van der Waals surface area contributed by atoms with Gasteiger partial charge in [0.1, 0.15) is 0 Å². The smallest absolute Gasteiger partial charge is 0.304 e. The molecule has 1 aromatic carbocycles. The Bertz CT molecular complexity index is 445. The van der Waals surface area contributed by atoms with Gasteiger partial charge in [0.15, 0.2) is 0 Å².